The van der Waals surface area contributed by atoms with Crippen LogP contribution in [0.3, 0.4) is 0 Å². The Labute approximate surface area is 156 Å². The Morgan fingerprint density at radius 2 is 1.78 bits per heavy atom. The highest BCUT2D eigenvalue weighted by molar-refractivity contribution is 5.86. The van der Waals surface area contributed by atoms with Crippen molar-refractivity contribution in [2.75, 3.05) is 5.32 Å². The molecule has 4 aromatic rings. The van der Waals surface area contributed by atoms with Gasteiger partial charge in [0.1, 0.15) is 0 Å². The number of hydrogen-bond donors (Lipinski definition) is 2. The Bertz CT molecular complexity index is 1100. The van der Waals surface area contributed by atoms with Crippen LogP contribution in [0.15, 0.2) is 49.1 Å². The van der Waals surface area contributed by atoms with E-state index in [9.17, 15) is 5.11 Å². The zero-order valence-corrected chi connectivity index (χ0v) is 14.8. The third-order valence-electron chi connectivity index (χ3n) is 5.23. The normalized spacial score (nSPS) is 20.2. The molecule has 5 rings (SSSR count). The number of fused-ring (bicyclic) bond motifs is 2. The molecule has 3 heterocycles. The van der Waals surface area contributed by atoms with Crippen molar-refractivity contribution < 1.29 is 5.11 Å². The van der Waals surface area contributed by atoms with Gasteiger partial charge in [-0.25, -0.2) is 9.50 Å². The zero-order chi connectivity index (χ0) is 18.2. The Hall–Kier alpha value is -3.06. The van der Waals surface area contributed by atoms with Crippen molar-refractivity contribution in [3.63, 3.8) is 0 Å². The molecule has 27 heavy (non-hydrogen) atoms. The highest BCUT2D eigenvalue weighted by atomic mass is 16.3. The first-order valence-electron chi connectivity index (χ1n) is 9.26. The summed E-state index contributed by atoms with van der Waals surface area (Å²) in [6.45, 7) is 0. The zero-order valence-electron chi connectivity index (χ0n) is 14.8. The van der Waals surface area contributed by atoms with Gasteiger partial charge in [-0.15, -0.1) is 5.10 Å². The maximum Gasteiger partial charge on any atom is 0.241 e. The fraction of sp³-hybridized carbons (Fsp3) is 0.300. The van der Waals surface area contributed by atoms with E-state index in [1.165, 1.54) is 0 Å². The van der Waals surface area contributed by atoms with E-state index in [2.05, 4.69) is 25.4 Å². The Morgan fingerprint density at radius 1 is 0.963 bits per heavy atom. The van der Waals surface area contributed by atoms with Crippen LogP contribution in [0.5, 0.6) is 0 Å². The Balaban J connectivity index is 1.44. The van der Waals surface area contributed by atoms with Crippen LogP contribution in [0.1, 0.15) is 25.7 Å². The lowest BCUT2D eigenvalue weighted by atomic mass is 9.93. The van der Waals surface area contributed by atoms with Crippen LogP contribution in [-0.4, -0.2) is 41.8 Å². The molecule has 1 saturated carbocycles. The fourth-order valence-electron chi connectivity index (χ4n) is 3.74. The van der Waals surface area contributed by atoms with E-state index < -0.39 is 0 Å². The number of aliphatic hydroxyl groups is 1. The molecule has 2 N–H and O–H groups in total. The van der Waals surface area contributed by atoms with Gasteiger partial charge in [0.2, 0.25) is 5.95 Å². The quantitative estimate of drug-likeness (QED) is 0.584. The Kier molecular flexibility index (Phi) is 3.94. The van der Waals surface area contributed by atoms with E-state index in [1.54, 1.807) is 12.4 Å². The van der Waals surface area contributed by atoms with Gasteiger partial charge in [0.05, 0.1) is 28.9 Å². The SMILES string of the molecule is OC1CCC(Nc2ncc3c(-c4ccc5nccnc5c4)ccn3n2)CC1. The summed E-state index contributed by atoms with van der Waals surface area (Å²) in [5.41, 5.74) is 4.83. The van der Waals surface area contributed by atoms with Crippen molar-refractivity contribution in [2.45, 2.75) is 37.8 Å². The lowest BCUT2D eigenvalue weighted by Crippen LogP contribution is -2.29. The monoisotopic (exact) mass is 360 g/mol. The molecule has 1 aliphatic carbocycles. The number of anilines is 1. The third-order valence-corrected chi connectivity index (χ3v) is 5.23. The average molecular weight is 360 g/mol. The van der Waals surface area contributed by atoms with E-state index in [1.807, 2.05) is 41.2 Å². The molecule has 0 aliphatic heterocycles. The van der Waals surface area contributed by atoms with E-state index in [4.69, 9.17) is 0 Å². The molecular weight excluding hydrogens is 340 g/mol. The standard InChI is InChI=1S/C20H20N6O/c27-15-4-2-14(3-5-15)24-20-23-12-19-16(7-10-26(19)25-20)13-1-6-17-18(11-13)22-9-8-21-17/h1,6-12,14-15,27H,2-5H2,(H,24,25). The minimum absolute atomic E-state index is 0.162. The molecule has 0 atom stereocenters. The summed E-state index contributed by atoms with van der Waals surface area (Å²) in [6, 6.07) is 8.43. The predicted molar refractivity (Wildman–Crippen MR) is 103 cm³/mol. The van der Waals surface area contributed by atoms with Crippen molar-refractivity contribution in [1.82, 2.24) is 24.6 Å². The van der Waals surface area contributed by atoms with Gasteiger partial charge in [0.25, 0.3) is 0 Å². The van der Waals surface area contributed by atoms with Gasteiger partial charge in [-0.1, -0.05) is 6.07 Å². The van der Waals surface area contributed by atoms with Crippen LogP contribution >= 0.6 is 0 Å². The molecule has 1 aromatic carbocycles. The first kappa shape index (κ1) is 16.1. The summed E-state index contributed by atoms with van der Waals surface area (Å²) in [6.07, 6.45) is 10.6. The van der Waals surface area contributed by atoms with Crippen molar-refractivity contribution >= 4 is 22.5 Å². The van der Waals surface area contributed by atoms with Crippen LogP contribution in [0.25, 0.3) is 27.7 Å². The topological polar surface area (TPSA) is 88.2 Å². The number of rotatable bonds is 3. The van der Waals surface area contributed by atoms with Gasteiger partial charge >= 0.3 is 0 Å². The van der Waals surface area contributed by atoms with Crippen molar-refractivity contribution in [2.24, 2.45) is 0 Å². The van der Waals surface area contributed by atoms with Crippen LogP contribution < -0.4 is 5.32 Å². The summed E-state index contributed by atoms with van der Waals surface area (Å²) >= 11 is 0. The first-order chi connectivity index (χ1) is 13.3. The molecule has 0 amide bonds. The van der Waals surface area contributed by atoms with E-state index in [-0.39, 0.29) is 6.10 Å². The molecule has 1 aliphatic rings. The lowest BCUT2D eigenvalue weighted by Gasteiger charge is -2.26. The number of hydrogen-bond acceptors (Lipinski definition) is 6. The second-order valence-electron chi connectivity index (χ2n) is 7.05. The van der Waals surface area contributed by atoms with Crippen LogP contribution in [-0.2, 0) is 0 Å². The summed E-state index contributed by atoms with van der Waals surface area (Å²) < 4.78 is 1.85. The number of nitrogens with one attached hydrogen (secondary N) is 1. The summed E-state index contributed by atoms with van der Waals surface area (Å²) in [7, 11) is 0. The minimum atomic E-state index is -0.162. The summed E-state index contributed by atoms with van der Waals surface area (Å²) in [5.74, 6) is 0.621. The average Bonchev–Trinajstić information content (AvgIpc) is 3.12. The highest BCUT2D eigenvalue weighted by Gasteiger charge is 2.20. The third kappa shape index (κ3) is 3.10. The fourth-order valence-corrected chi connectivity index (χ4v) is 3.74. The van der Waals surface area contributed by atoms with Crippen molar-refractivity contribution in [3.05, 3.63) is 49.1 Å². The van der Waals surface area contributed by atoms with Crippen molar-refractivity contribution in [3.8, 4) is 11.1 Å². The van der Waals surface area contributed by atoms with Gasteiger partial charge in [-0.3, -0.25) is 9.97 Å². The molecule has 136 valence electrons. The van der Waals surface area contributed by atoms with E-state index in [0.717, 1.165) is 53.4 Å². The Morgan fingerprint density at radius 3 is 2.63 bits per heavy atom. The molecule has 7 heteroatoms. The minimum Gasteiger partial charge on any atom is -0.393 e. The number of benzene rings is 1. The molecule has 0 saturated heterocycles. The van der Waals surface area contributed by atoms with Crippen LogP contribution in [0, 0.1) is 0 Å². The molecule has 3 aromatic heterocycles. The second kappa shape index (κ2) is 6.59. The molecule has 0 unspecified atom stereocenters. The van der Waals surface area contributed by atoms with Gasteiger partial charge in [-0.2, -0.15) is 0 Å². The molecular formula is C20H20N6O. The van der Waals surface area contributed by atoms with Gasteiger partial charge < -0.3 is 10.4 Å². The number of nitrogens with zero attached hydrogens (tertiary/aromatic N) is 5. The van der Waals surface area contributed by atoms with Gasteiger partial charge in [-0.05, 0) is 49.4 Å². The maximum absolute atomic E-state index is 9.64. The first-order valence-corrected chi connectivity index (χ1v) is 9.26. The van der Waals surface area contributed by atoms with E-state index in [0.29, 0.717) is 12.0 Å². The summed E-state index contributed by atoms with van der Waals surface area (Å²) in [4.78, 5) is 13.2. The smallest absolute Gasteiger partial charge is 0.241 e. The summed E-state index contributed by atoms with van der Waals surface area (Å²) in [5, 5.41) is 17.6. The molecule has 0 spiro atoms. The van der Waals surface area contributed by atoms with Gasteiger partial charge in [0.15, 0.2) is 0 Å². The van der Waals surface area contributed by atoms with E-state index >= 15 is 0 Å². The highest BCUT2D eigenvalue weighted by Crippen LogP contribution is 2.27. The molecule has 1 fully saturated rings. The van der Waals surface area contributed by atoms with Crippen molar-refractivity contribution in [1.29, 1.82) is 0 Å². The lowest BCUT2D eigenvalue weighted by molar-refractivity contribution is 0.126. The van der Waals surface area contributed by atoms with Crippen LogP contribution in [0.4, 0.5) is 5.95 Å². The van der Waals surface area contributed by atoms with Crippen LogP contribution in [0.2, 0.25) is 0 Å². The second-order valence-corrected chi connectivity index (χ2v) is 7.05. The molecule has 0 bridgehead atoms. The molecule has 0 radical (unpaired) electrons. The number of aromatic nitrogens is 5. The van der Waals surface area contributed by atoms with Gasteiger partial charge in [0, 0.05) is 30.2 Å². The largest absolute Gasteiger partial charge is 0.393 e. The number of aliphatic hydroxyl groups excluding tert-OH is 1. The molecule has 7 nitrogen and oxygen atoms in total. The predicted octanol–water partition coefficient (Wildman–Crippen LogP) is 3.05. The maximum atomic E-state index is 9.64.